The highest BCUT2D eigenvalue weighted by Gasteiger charge is 2.34. The molecule has 0 aliphatic carbocycles. The molecule has 2 aromatic carbocycles. The summed E-state index contributed by atoms with van der Waals surface area (Å²) in [4.78, 5) is 19.2. The maximum Gasteiger partial charge on any atom is 0.227 e. The lowest BCUT2D eigenvalue weighted by molar-refractivity contribution is -0.117. The Bertz CT molecular complexity index is 932. The van der Waals surface area contributed by atoms with Gasteiger partial charge in [-0.3, -0.25) is 4.79 Å². The van der Waals surface area contributed by atoms with Gasteiger partial charge < -0.3 is 9.47 Å². The topological polar surface area (TPSA) is 38.1 Å². The number of carbonyl (C=O) groups excluding carboxylic acids is 1. The second-order valence-electron chi connectivity index (χ2n) is 6.85. The number of fused-ring (bicyclic) bond motifs is 1. The zero-order valence-electron chi connectivity index (χ0n) is 14.9. The van der Waals surface area contributed by atoms with Crippen LogP contribution in [-0.4, -0.2) is 22.0 Å². The van der Waals surface area contributed by atoms with Gasteiger partial charge in [-0.15, -0.1) is 0 Å². The van der Waals surface area contributed by atoms with Crippen LogP contribution in [0.1, 0.15) is 37.9 Å². The summed E-state index contributed by atoms with van der Waals surface area (Å²) >= 11 is 0. The van der Waals surface area contributed by atoms with Crippen LogP contribution in [0, 0.1) is 5.82 Å². The minimum absolute atomic E-state index is 0.0526. The number of benzene rings is 2. The number of carbonyl (C=O) groups is 1. The van der Waals surface area contributed by atoms with E-state index in [1.807, 2.05) is 18.2 Å². The molecule has 0 unspecified atom stereocenters. The van der Waals surface area contributed by atoms with E-state index in [4.69, 9.17) is 4.98 Å². The van der Waals surface area contributed by atoms with Gasteiger partial charge in [-0.1, -0.05) is 25.5 Å². The fraction of sp³-hybridized carbons (Fsp3) is 0.333. The van der Waals surface area contributed by atoms with Gasteiger partial charge in [-0.25, -0.2) is 9.37 Å². The Morgan fingerprint density at radius 3 is 2.69 bits per heavy atom. The number of hydrogen-bond acceptors (Lipinski definition) is 2. The summed E-state index contributed by atoms with van der Waals surface area (Å²) in [6, 6.07) is 14.3. The third kappa shape index (κ3) is 2.98. The van der Waals surface area contributed by atoms with Crippen molar-refractivity contribution in [3.8, 4) is 0 Å². The fourth-order valence-corrected chi connectivity index (χ4v) is 3.71. The number of para-hydroxylation sites is 2. The molecule has 1 aliphatic heterocycles. The first-order valence-electron chi connectivity index (χ1n) is 9.18. The zero-order valence-corrected chi connectivity index (χ0v) is 14.9. The van der Waals surface area contributed by atoms with Gasteiger partial charge in [0.25, 0.3) is 0 Å². The lowest BCUT2D eigenvalue weighted by Crippen LogP contribution is -2.24. The van der Waals surface area contributed by atoms with Gasteiger partial charge >= 0.3 is 0 Å². The molecule has 5 heteroatoms. The van der Waals surface area contributed by atoms with Gasteiger partial charge in [0.15, 0.2) is 0 Å². The number of nitrogens with zero attached hydrogens (tertiary/aromatic N) is 3. The van der Waals surface area contributed by atoms with Crippen molar-refractivity contribution in [1.29, 1.82) is 0 Å². The van der Waals surface area contributed by atoms with E-state index in [-0.39, 0.29) is 17.6 Å². The number of aryl methyl sites for hydroxylation is 1. The van der Waals surface area contributed by atoms with Crippen LogP contribution in [0.4, 0.5) is 10.1 Å². The molecule has 4 nitrogen and oxygen atoms in total. The first kappa shape index (κ1) is 16.8. The second-order valence-corrected chi connectivity index (χ2v) is 6.85. The predicted octanol–water partition coefficient (Wildman–Crippen LogP) is 4.50. The van der Waals surface area contributed by atoms with Gasteiger partial charge in [-0.2, -0.15) is 0 Å². The minimum atomic E-state index is -0.293. The van der Waals surface area contributed by atoms with Crippen LogP contribution in [0.2, 0.25) is 0 Å². The smallest absolute Gasteiger partial charge is 0.227 e. The molecule has 134 valence electrons. The molecular weight excluding hydrogens is 329 g/mol. The summed E-state index contributed by atoms with van der Waals surface area (Å²) in [7, 11) is 0. The van der Waals surface area contributed by atoms with Crippen LogP contribution >= 0.6 is 0 Å². The Kier molecular flexibility index (Phi) is 4.45. The van der Waals surface area contributed by atoms with Gasteiger partial charge in [0, 0.05) is 31.1 Å². The van der Waals surface area contributed by atoms with E-state index < -0.39 is 0 Å². The number of anilines is 1. The summed E-state index contributed by atoms with van der Waals surface area (Å²) in [5.41, 5.74) is 2.85. The molecule has 1 atom stereocenters. The third-order valence-corrected chi connectivity index (χ3v) is 5.05. The number of imidazole rings is 1. The van der Waals surface area contributed by atoms with E-state index in [0.717, 1.165) is 41.9 Å². The van der Waals surface area contributed by atoms with Crippen LogP contribution in [0.5, 0.6) is 0 Å². The molecule has 1 amide bonds. The summed E-state index contributed by atoms with van der Waals surface area (Å²) in [6.45, 7) is 3.67. The molecule has 1 aromatic heterocycles. The Morgan fingerprint density at radius 2 is 1.92 bits per heavy atom. The van der Waals surface area contributed by atoms with E-state index in [1.54, 1.807) is 17.0 Å². The molecule has 1 saturated heterocycles. The van der Waals surface area contributed by atoms with Gasteiger partial charge in [0.2, 0.25) is 5.91 Å². The molecule has 2 heterocycles. The van der Waals surface area contributed by atoms with Crippen LogP contribution in [0.3, 0.4) is 0 Å². The van der Waals surface area contributed by atoms with Crippen molar-refractivity contribution in [3.63, 3.8) is 0 Å². The number of hydrogen-bond donors (Lipinski definition) is 0. The number of amides is 1. The Hall–Kier alpha value is -2.69. The largest absolute Gasteiger partial charge is 0.328 e. The highest BCUT2D eigenvalue weighted by Crippen LogP contribution is 2.33. The van der Waals surface area contributed by atoms with Crippen molar-refractivity contribution < 1.29 is 9.18 Å². The average Bonchev–Trinajstić information content (AvgIpc) is 3.21. The first-order valence-corrected chi connectivity index (χ1v) is 9.18. The first-order chi connectivity index (χ1) is 12.7. The van der Waals surface area contributed by atoms with Gasteiger partial charge in [0.05, 0.1) is 11.0 Å². The summed E-state index contributed by atoms with van der Waals surface area (Å²) in [6.07, 6.45) is 2.62. The SMILES string of the molecule is CCCCn1c([C@@H]2CC(=O)N(c3ccc(F)cc3)C2)nc2ccccc21. The van der Waals surface area contributed by atoms with Crippen LogP contribution in [0.15, 0.2) is 48.5 Å². The van der Waals surface area contributed by atoms with Crippen molar-refractivity contribution in [3.05, 3.63) is 60.2 Å². The van der Waals surface area contributed by atoms with Crippen LogP contribution < -0.4 is 4.90 Å². The molecule has 4 rings (SSSR count). The van der Waals surface area contributed by atoms with E-state index in [2.05, 4.69) is 17.6 Å². The fourth-order valence-electron chi connectivity index (χ4n) is 3.71. The number of aromatic nitrogens is 2. The summed E-state index contributed by atoms with van der Waals surface area (Å²) < 4.78 is 15.5. The van der Waals surface area contributed by atoms with E-state index >= 15 is 0 Å². The maximum atomic E-state index is 13.2. The predicted molar refractivity (Wildman–Crippen MR) is 101 cm³/mol. The Balaban J connectivity index is 1.67. The number of unbranched alkanes of at least 4 members (excludes halogenated alkanes) is 1. The molecule has 26 heavy (non-hydrogen) atoms. The lowest BCUT2D eigenvalue weighted by Gasteiger charge is -2.17. The molecule has 0 saturated carbocycles. The van der Waals surface area contributed by atoms with Crippen LogP contribution in [-0.2, 0) is 11.3 Å². The molecule has 0 radical (unpaired) electrons. The zero-order chi connectivity index (χ0) is 18.1. The van der Waals surface area contributed by atoms with E-state index in [0.29, 0.717) is 13.0 Å². The van der Waals surface area contributed by atoms with Crippen molar-refractivity contribution in [2.75, 3.05) is 11.4 Å². The average molecular weight is 351 g/mol. The van der Waals surface area contributed by atoms with Crippen LogP contribution in [0.25, 0.3) is 11.0 Å². The normalized spacial score (nSPS) is 17.4. The number of rotatable bonds is 5. The maximum absolute atomic E-state index is 13.2. The van der Waals surface area contributed by atoms with Crippen molar-refractivity contribution in [2.45, 2.75) is 38.6 Å². The molecule has 0 N–H and O–H groups in total. The third-order valence-electron chi connectivity index (χ3n) is 5.05. The molecule has 1 fully saturated rings. The van der Waals surface area contributed by atoms with E-state index in [1.165, 1.54) is 12.1 Å². The Morgan fingerprint density at radius 1 is 1.15 bits per heavy atom. The van der Waals surface area contributed by atoms with Gasteiger partial charge in [-0.05, 0) is 42.8 Å². The monoisotopic (exact) mass is 351 g/mol. The molecule has 3 aromatic rings. The highest BCUT2D eigenvalue weighted by molar-refractivity contribution is 5.96. The lowest BCUT2D eigenvalue weighted by atomic mass is 10.1. The highest BCUT2D eigenvalue weighted by atomic mass is 19.1. The molecule has 1 aliphatic rings. The van der Waals surface area contributed by atoms with Gasteiger partial charge in [0.1, 0.15) is 11.6 Å². The Labute approximate surface area is 152 Å². The van der Waals surface area contributed by atoms with E-state index in [9.17, 15) is 9.18 Å². The summed E-state index contributed by atoms with van der Waals surface area (Å²) in [5.74, 6) is 0.809. The molecule has 0 spiro atoms. The number of halogens is 1. The summed E-state index contributed by atoms with van der Waals surface area (Å²) in [5, 5.41) is 0. The minimum Gasteiger partial charge on any atom is -0.328 e. The molecular formula is C21H22FN3O. The van der Waals surface area contributed by atoms with Crippen molar-refractivity contribution >= 4 is 22.6 Å². The standard InChI is InChI=1S/C21H22FN3O/c1-2-3-12-24-19-7-5-4-6-18(19)23-21(24)15-13-20(26)25(14-15)17-10-8-16(22)9-11-17/h4-11,15H,2-3,12-14H2,1H3/t15-/m1/s1. The van der Waals surface area contributed by atoms with Crippen molar-refractivity contribution in [1.82, 2.24) is 9.55 Å². The quantitative estimate of drug-likeness (QED) is 0.679. The van der Waals surface area contributed by atoms with Crippen molar-refractivity contribution in [2.24, 2.45) is 0 Å². The second kappa shape index (κ2) is 6.90. The molecule has 0 bridgehead atoms.